The van der Waals surface area contributed by atoms with Gasteiger partial charge in [-0.1, -0.05) is 0 Å². The molecule has 0 radical (unpaired) electrons. The van der Waals surface area contributed by atoms with Crippen molar-refractivity contribution < 1.29 is 18.0 Å². The van der Waals surface area contributed by atoms with Crippen molar-refractivity contribution in [2.45, 2.75) is 12.6 Å². The highest BCUT2D eigenvalue weighted by Gasteiger charge is 2.38. The van der Waals surface area contributed by atoms with Gasteiger partial charge in [0.2, 0.25) is 5.78 Å². The highest BCUT2D eigenvalue weighted by molar-refractivity contribution is 5.85. The average molecular weight is 191 g/mol. The van der Waals surface area contributed by atoms with Crippen LogP contribution < -0.4 is 0 Å². The molecule has 1 aromatic heterocycles. The lowest BCUT2D eigenvalue weighted by Crippen LogP contribution is -2.25. The molecule has 1 rings (SSSR count). The summed E-state index contributed by atoms with van der Waals surface area (Å²) in [4.78, 5) is 10.5. The molecule has 72 valence electrons. The van der Waals surface area contributed by atoms with E-state index < -0.39 is 18.4 Å². The molecule has 5 heteroatoms. The Morgan fingerprint density at radius 3 is 2.54 bits per heavy atom. The summed E-state index contributed by atoms with van der Waals surface area (Å²) in [5.74, 6) is -1.71. The Hall–Kier alpha value is -1.26. The van der Waals surface area contributed by atoms with E-state index in [1.54, 1.807) is 19.3 Å². The van der Waals surface area contributed by atoms with Gasteiger partial charge < -0.3 is 4.57 Å². The van der Waals surface area contributed by atoms with Crippen molar-refractivity contribution in [3.63, 3.8) is 0 Å². The zero-order chi connectivity index (χ0) is 10.1. The van der Waals surface area contributed by atoms with Gasteiger partial charge in [0.25, 0.3) is 0 Å². The summed E-state index contributed by atoms with van der Waals surface area (Å²) in [5, 5.41) is 0. The molecule has 0 spiro atoms. The second-order valence-corrected chi connectivity index (χ2v) is 2.71. The Morgan fingerprint density at radius 2 is 2.15 bits per heavy atom. The molecule has 1 heterocycles. The number of aryl methyl sites for hydroxylation is 1. The van der Waals surface area contributed by atoms with Crippen LogP contribution in [-0.2, 0) is 18.3 Å². The highest BCUT2D eigenvalue weighted by Crippen LogP contribution is 2.18. The molecule has 0 fully saturated rings. The van der Waals surface area contributed by atoms with Crippen molar-refractivity contribution in [1.29, 1.82) is 0 Å². The normalized spacial score (nSPS) is 11.7. The summed E-state index contributed by atoms with van der Waals surface area (Å²) in [5.41, 5.74) is 0.363. The van der Waals surface area contributed by atoms with E-state index in [-0.39, 0.29) is 0 Å². The Labute approximate surface area is 73.0 Å². The third-order valence-electron chi connectivity index (χ3n) is 1.71. The maximum absolute atomic E-state index is 11.8. The third-order valence-corrected chi connectivity index (χ3v) is 1.71. The molecule has 0 saturated heterocycles. The highest BCUT2D eigenvalue weighted by atomic mass is 19.4. The first-order valence-corrected chi connectivity index (χ1v) is 3.61. The largest absolute Gasteiger partial charge is 0.450 e. The summed E-state index contributed by atoms with van der Waals surface area (Å²) < 4.78 is 36.9. The molecule has 0 aliphatic carbocycles. The molecule has 2 nitrogen and oxygen atoms in total. The number of carbonyl (C=O) groups is 1. The maximum atomic E-state index is 11.8. The summed E-state index contributed by atoms with van der Waals surface area (Å²) >= 11 is 0. The van der Waals surface area contributed by atoms with Crippen LogP contribution in [0.1, 0.15) is 5.69 Å². The van der Waals surface area contributed by atoms with Gasteiger partial charge in [-0.2, -0.15) is 13.2 Å². The summed E-state index contributed by atoms with van der Waals surface area (Å²) in [6.45, 7) is 0. The van der Waals surface area contributed by atoms with E-state index in [1.165, 1.54) is 10.6 Å². The number of hydrogen-bond acceptors (Lipinski definition) is 1. The Bertz CT molecular complexity index is 313. The second kappa shape index (κ2) is 3.24. The molecule has 0 N–H and O–H groups in total. The molecular formula is C8H8F3NO. The van der Waals surface area contributed by atoms with Crippen LogP contribution in [-0.4, -0.2) is 16.5 Å². The molecule has 0 aliphatic heterocycles. The number of aromatic nitrogens is 1. The number of hydrogen-bond donors (Lipinski definition) is 0. The SMILES string of the molecule is Cn1cccc1CC(=O)C(F)(F)F. The van der Waals surface area contributed by atoms with E-state index in [4.69, 9.17) is 0 Å². The zero-order valence-corrected chi connectivity index (χ0v) is 6.93. The van der Waals surface area contributed by atoms with Gasteiger partial charge >= 0.3 is 6.18 Å². The minimum absolute atomic E-state index is 0.363. The minimum Gasteiger partial charge on any atom is -0.354 e. The molecule has 0 aliphatic rings. The molecule has 0 saturated carbocycles. The molecule has 0 bridgehead atoms. The van der Waals surface area contributed by atoms with Crippen LogP contribution in [0.15, 0.2) is 18.3 Å². The quantitative estimate of drug-likeness (QED) is 0.697. The van der Waals surface area contributed by atoms with Crippen LogP contribution in [0, 0.1) is 0 Å². The van der Waals surface area contributed by atoms with E-state index in [9.17, 15) is 18.0 Å². The fraction of sp³-hybridized carbons (Fsp3) is 0.375. The third kappa shape index (κ3) is 2.34. The molecule has 0 aromatic carbocycles. The lowest BCUT2D eigenvalue weighted by molar-refractivity contribution is -0.170. The zero-order valence-electron chi connectivity index (χ0n) is 6.93. The first-order valence-electron chi connectivity index (χ1n) is 3.61. The van der Waals surface area contributed by atoms with Crippen LogP contribution >= 0.6 is 0 Å². The first kappa shape index (κ1) is 9.83. The molecule has 0 atom stereocenters. The topological polar surface area (TPSA) is 22.0 Å². The van der Waals surface area contributed by atoms with Gasteiger partial charge in [0.1, 0.15) is 0 Å². The van der Waals surface area contributed by atoms with Crippen molar-refractivity contribution in [1.82, 2.24) is 4.57 Å². The van der Waals surface area contributed by atoms with Crippen molar-refractivity contribution in [2.24, 2.45) is 7.05 Å². The standard InChI is InChI=1S/C8H8F3NO/c1-12-4-2-3-6(12)5-7(13)8(9,10)11/h2-4H,5H2,1H3. The van der Waals surface area contributed by atoms with Gasteiger partial charge in [-0.15, -0.1) is 0 Å². The number of nitrogens with zero attached hydrogens (tertiary/aromatic N) is 1. The molecule has 13 heavy (non-hydrogen) atoms. The minimum atomic E-state index is -4.73. The van der Waals surface area contributed by atoms with Gasteiger partial charge in [0.15, 0.2) is 0 Å². The lowest BCUT2D eigenvalue weighted by atomic mass is 10.2. The number of rotatable bonds is 2. The number of ketones is 1. The lowest BCUT2D eigenvalue weighted by Gasteiger charge is -2.05. The van der Waals surface area contributed by atoms with Gasteiger partial charge in [-0.05, 0) is 12.1 Å². The number of halogens is 3. The van der Waals surface area contributed by atoms with Crippen LogP contribution in [0.3, 0.4) is 0 Å². The van der Waals surface area contributed by atoms with E-state index in [1.807, 2.05) is 0 Å². The maximum Gasteiger partial charge on any atom is 0.450 e. The van der Waals surface area contributed by atoms with Crippen LogP contribution in [0.2, 0.25) is 0 Å². The average Bonchev–Trinajstić information content (AvgIpc) is 2.34. The van der Waals surface area contributed by atoms with Gasteiger partial charge in [0.05, 0.1) is 6.42 Å². The summed E-state index contributed by atoms with van der Waals surface area (Å²) in [6, 6.07) is 3.09. The van der Waals surface area contributed by atoms with E-state index in [2.05, 4.69) is 0 Å². The van der Waals surface area contributed by atoms with Gasteiger partial charge in [-0.3, -0.25) is 4.79 Å². The van der Waals surface area contributed by atoms with E-state index in [0.29, 0.717) is 5.69 Å². The van der Waals surface area contributed by atoms with Crippen molar-refractivity contribution in [3.8, 4) is 0 Å². The van der Waals surface area contributed by atoms with Crippen LogP contribution in [0.4, 0.5) is 13.2 Å². The molecule has 0 amide bonds. The fourth-order valence-electron chi connectivity index (χ4n) is 0.945. The van der Waals surface area contributed by atoms with E-state index in [0.717, 1.165) is 0 Å². The van der Waals surface area contributed by atoms with Gasteiger partial charge in [-0.25, -0.2) is 0 Å². The Morgan fingerprint density at radius 1 is 1.54 bits per heavy atom. The predicted octanol–water partition coefficient (Wildman–Crippen LogP) is 1.70. The van der Waals surface area contributed by atoms with Crippen molar-refractivity contribution >= 4 is 5.78 Å². The van der Waals surface area contributed by atoms with Crippen molar-refractivity contribution in [2.75, 3.05) is 0 Å². The smallest absolute Gasteiger partial charge is 0.354 e. The number of Topliss-reactive ketones (excluding diaryl/α,β-unsaturated/α-hetero) is 1. The van der Waals surface area contributed by atoms with E-state index >= 15 is 0 Å². The predicted molar refractivity (Wildman–Crippen MR) is 40.2 cm³/mol. The molecule has 1 aromatic rings. The van der Waals surface area contributed by atoms with Gasteiger partial charge in [0, 0.05) is 18.9 Å². The second-order valence-electron chi connectivity index (χ2n) is 2.71. The number of carbonyl (C=O) groups excluding carboxylic acids is 1. The summed E-state index contributed by atoms with van der Waals surface area (Å²) in [6.07, 6.45) is -3.73. The fourth-order valence-corrected chi connectivity index (χ4v) is 0.945. The monoisotopic (exact) mass is 191 g/mol. The van der Waals surface area contributed by atoms with Crippen molar-refractivity contribution in [3.05, 3.63) is 24.0 Å². The Kier molecular flexibility index (Phi) is 2.45. The molecular weight excluding hydrogens is 183 g/mol. The van der Waals surface area contributed by atoms with Crippen LogP contribution in [0.25, 0.3) is 0 Å². The van der Waals surface area contributed by atoms with Crippen LogP contribution in [0.5, 0.6) is 0 Å². The first-order chi connectivity index (χ1) is 5.91. The number of alkyl halides is 3. The molecule has 0 unspecified atom stereocenters. The Balaban J connectivity index is 2.71. The summed E-state index contributed by atoms with van der Waals surface area (Å²) in [7, 11) is 1.60.